The Kier molecular flexibility index (Phi) is 5.62. The van der Waals surface area contributed by atoms with Crippen molar-refractivity contribution >= 4 is 11.8 Å². The Labute approximate surface area is 135 Å². The maximum Gasteiger partial charge on any atom is 0.412 e. The Hall–Kier alpha value is -2.77. The van der Waals surface area contributed by atoms with E-state index in [-0.39, 0.29) is 24.3 Å². The predicted octanol–water partition coefficient (Wildman–Crippen LogP) is 2.82. The van der Waals surface area contributed by atoms with Crippen molar-refractivity contribution in [3.05, 3.63) is 60.1 Å². The van der Waals surface area contributed by atoms with Gasteiger partial charge in [0.05, 0.1) is 6.26 Å². The SMILES string of the molecule is O=C(CCNC(=O)c1ccco1)NC(c1ccccc1)C(F)(F)F. The van der Waals surface area contributed by atoms with Crippen LogP contribution in [0.25, 0.3) is 0 Å². The highest BCUT2D eigenvalue weighted by Gasteiger charge is 2.41. The Bertz CT molecular complexity index is 670. The van der Waals surface area contributed by atoms with E-state index < -0.39 is 24.0 Å². The lowest BCUT2D eigenvalue weighted by atomic mass is 10.1. The third-order valence-corrected chi connectivity index (χ3v) is 3.15. The number of carbonyl (C=O) groups excluding carboxylic acids is 2. The summed E-state index contributed by atoms with van der Waals surface area (Å²) in [4.78, 5) is 23.3. The summed E-state index contributed by atoms with van der Waals surface area (Å²) in [5.74, 6) is -1.29. The molecule has 2 aromatic rings. The molecule has 2 rings (SSSR count). The van der Waals surface area contributed by atoms with Gasteiger partial charge >= 0.3 is 6.18 Å². The first-order valence-corrected chi connectivity index (χ1v) is 7.10. The van der Waals surface area contributed by atoms with Crippen LogP contribution in [0.5, 0.6) is 0 Å². The standard InChI is InChI=1S/C16H15F3N2O3/c17-16(18,19)14(11-5-2-1-3-6-11)21-13(22)8-9-20-15(23)12-7-4-10-24-12/h1-7,10,14H,8-9H2,(H,20,23)(H,21,22). The van der Waals surface area contributed by atoms with E-state index in [1.54, 1.807) is 6.07 Å². The number of furan rings is 1. The summed E-state index contributed by atoms with van der Waals surface area (Å²) >= 11 is 0. The molecule has 1 heterocycles. The zero-order valence-corrected chi connectivity index (χ0v) is 12.5. The van der Waals surface area contributed by atoms with Gasteiger partial charge in [0.25, 0.3) is 5.91 Å². The number of nitrogens with one attached hydrogen (secondary N) is 2. The van der Waals surface area contributed by atoms with Gasteiger partial charge in [-0.25, -0.2) is 0 Å². The van der Waals surface area contributed by atoms with Gasteiger partial charge in [0.15, 0.2) is 11.8 Å². The van der Waals surface area contributed by atoms with Crippen molar-refractivity contribution in [1.82, 2.24) is 10.6 Å². The van der Waals surface area contributed by atoms with Crippen LogP contribution >= 0.6 is 0 Å². The molecule has 1 unspecified atom stereocenters. The monoisotopic (exact) mass is 340 g/mol. The van der Waals surface area contributed by atoms with Gasteiger partial charge in [-0.15, -0.1) is 0 Å². The second-order valence-corrected chi connectivity index (χ2v) is 4.94. The van der Waals surface area contributed by atoms with E-state index >= 15 is 0 Å². The fourth-order valence-corrected chi connectivity index (χ4v) is 2.02. The molecule has 0 aliphatic carbocycles. The van der Waals surface area contributed by atoms with Gasteiger partial charge in [-0.3, -0.25) is 9.59 Å². The van der Waals surface area contributed by atoms with Crippen LogP contribution in [-0.2, 0) is 4.79 Å². The first kappa shape index (κ1) is 17.6. The summed E-state index contributed by atoms with van der Waals surface area (Å²) in [7, 11) is 0. The van der Waals surface area contributed by atoms with Crippen LogP contribution in [-0.4, -0.2) is 24.5 Å². The minimum absolute atomic E-state index is 0.0574. The summed E-state index contributed by atoms with van der Waals surface area (Å²) in [5, 5.41) is 4.34. The smallest absolute Gasteiger partial charge is 0.412 e. The van der Waals surface area contributed by atoms with Crippen molar-refractivity contribution in [2.75, 3.05) is 6.54 Å². The van der Waals surface area contributed by atoms with E-state index in [9.17, 15) is 22.8 Å². The third kappa shape index (κ3) is 4.87. The Balaban J connectivity index is 1.88. The van der Waals surface area contributed by atoms with Crippen LogP contribution in [0.15, 0.2) is 53.1 Å². The van der Waals surface area contributed by atoms with E-state index in [1.807, 2.05) is 5.32 Å². The Morgan fingerprint density at radius 3 is 2.38 bits per heavy atom. The molecule has 1 atom stereocenters. The molecule has 0 saturated carbocycles. The van der Waals surface area contributed by atoms with Gasteiger partial charge in [0, 0.05) is 13.0 Å². The molecule has 0 spiro atoms. The topological polar surface area (TPSA) is 71.3 Å². The molecule has 1 aromatic carbocycles. The minimum atomic E-state index is -4.62. The molecular formula is C16H15F3N2O3. The number of hydrogen-bond acceptors (Lipinski definition) is 3. The molecule has 128 valence electrons. The molecule has 0 saturated heterocycles. The van der Waals surface area contributed by atoms with Crippen LogP contribution in [0.3, 0.4) is 0 Å². The number of hydrogen-bond donors (Lipinski definition) is 2. The first-order valence-electron chi connectivity index (χ1n) is 7.10. The predicted molar refractivity (Wildman–Crippen MR) is 79.0 cm³/mol. The molecule has 0 aliphatic heterocycles. The van der Waals surface area contributed by atoms with Gasteiger partial charge in [0.2, 0.25) is 5.91 Å². The van der Waals surface area contributed by atoms with Crippen LogP contribution in [0.2, 0.25) is 0 Å². The lowest BCUT2D eigenvalue weighted by Gasteiger charge is -2.22. The Morgan fingerprint density at radius 1 is 1.08 bits per heavy atom. The van der Waals surface area contributed by atoms with E-state index in [0.717, 1.165) is 0 Å². The molecule has 2 N–H and O–H groups in total. The average Bonchev–Trinajstić information content (AvgIpc) is 3.07. The van der Waals surface area contributed by atoms with Crippen LogP contribution in [0, 0.1) is 0 Å². The fraction of sp³-hybridized carbons (Fsp3) is 0.250. The first-order chi connectivity index (χ1) is 11.4. The summed E-state index contributed by atoms with van der Waals surface area (Å²) in [6, 6.07) is 7.96. The maximum atomic E-state index is 13.1. The summed E-state index contributed by atoms with van der Waals surface area (Å²) in [6.07, 6.45) is -3.59. The van der Waals surface area contributed by atoms with Crippen molar-refractivity contribution in [3.63, 3.8) is 0 Å². The third-order valence-electron chi connectivity index (χ3n) is 3.15. The molecular weight excluding hydrogens is 325 g/mol. The summed E-state index contributed by atoms with van der Waals surface area (Å²) in [5.41, 5.74) is -0.0574. The number of halogens is 3. The van der Waals surface area contributed by atoms with Gasteiger partial charge in [-0.1, -0.05) is 30.3 Å². The summed E-state index contributed by atoms with van der Waals surface area (Å²) in [6.45, 7) is -0.106. The average molecular weight is 340 g/mol. The minimum Gasteiger partial charge on any atom is -0.459 e. The quantitative estimate of drug-likeness (QED) is 0.849. The van der Waals surface area contributed by atoms with Crippen molar-refractivity contribution in [1.29, 1.82) is 0 Å². The highest BCUT2D eigenvalue weighted by atomic mass is 19.4. The maximum absolute atomic E-state index is 13.1. The molecule has 0 aliphatic rings. The Morgan fingerprint density at radius 2 is 1.79 bits per heavy atom. The number of carbonyl (C=O) groups is 2. The normalized spacial score (nSPS) is 12.5. The number of alkyl halides is 3. The molecule has 5 nitrogen and oxygen atoms in total. The van der Waals surface area contributed by atoms with Crippen molar-refractivity contribution in [2.45, 2.75) is 18.6 Å². The van der Waals surface area contributed by atoms with Crippen LogP contribution in [0.1, 0.15) is 28.6 Å². The molecule has 2 amide bonds. The zero-order chi connectivity index (χ0) is 17.6. The number of rotatable bonds is 6. The highest BCUT2D eigenvalue weighted by molar-refractivity contribution is 5.91. The highest BCUT2D eigenvalue weighted by Crippen LogP contribution is 2.32. The lowest BCUT2D eigenvalue weighted by Crippen LogP contribution is -2.39. The second kappa shape index (κ2) is 7.67. The van der Waals surface area contributed by atoms with E-state index in [2.05, 4.69) is 5.32 Å². The zero-order valence-electron chi connectivity index (χ0n) is 12.5. The van der Waals surface area contributed by atoms with E-state index in [1.165, 1.54) is 42.7 Å². The van der Waals surface area contributed by atoms with E-state index in [4.69, 9.17) is 4.42 Å². The van der Waals surface area contributed by atoms with Crippen molar-refractivity contribution in [2.24, 2.45) is 0 Å². The molecule has 0 bridgehead atoms. The van der Waals surface area contributed by atoms with Crippen LogP contribution < -0.4 is 10.6 Å². The van der Waals surface area contributed by atoms with Crippen molar-refractivity contribution < 1.29 is 27.2 Å². The van der Waals surface area contributed by atoms with E-state index in [0.29, 0.717) is 0 Å². The molecule has 8 heteroatoms. The number of benzene rings is 1. The molecule has 0 radical (unpaired) electrons. The van der Waals surface area contributed by atoms with Gasteiger partial charge in [-0.2, -0.15) is 13.2 Å². The second-order valence-electron chi connectivity index (χ2n) is 4.94. The van der Waals surface area contributed by atoms with Crippen LogP contribution in [0.4, 0.5) is 13.2 Å². The van der Waals surface area contributed by atoms with Gasteiger partial charge < -0.3 is 15.1 Å². The molecule has 24 heavy (non-hydrogen) atoms. The summed E-state index contributed by atoms with van der Waals surface area (Å²) < 4.78 is 44.2. The fourth-order valence-electron chi connectivity index (χ4n) is 2.02. The van der Waals surface area contributed by atoms with Gasteiger partial charge in [0.1, 0.15) is 0 Å². The van der Waals surface area contributed by atoms with Gasteiger partial charge in [-0.05, 0) is 17.7 Å². The molecule has 0 fully saturated rings. The largest absolute Gasteiger partial charge is 0.459 e. The molecule has 1 aromatic heterocycles. The lowest BCUT2D eigenvalue weighted by molar-refractivity contribution is -0.163. The number of amides is 2. The van der Waals surface area contributed by atoms with Crippen molar-refractivity contribution in [3.8, 4) is 0 Å².